The minimum absolute atomic E-state index is 0.0804. The van der Waals surface area contributed by atoms with Crippen LogP contribution in [0.1, 0.15) is 17.2 Å². The van der Waals surface area contributed by atoms with Gasteiger partial charge >= 0.3 is 0 Å². The molecule has 2 aromatic carbocycles. The molecule has 138 valence electrons. The Kier molecular flexibility index (Phi) is 7.24. The van der Waals surface area contributed by atoms with E-state index in [2.05, 4.69) is 10.2 Å². The Morgan fingerprint density at radius 1 is 1.08 bits per heavy atom. The van der Waals surface area contributed by atoms with Crippen LogP contribution < -0.4 is 14.8 Å². The maximum absolute atomic E-state index is 12.4. The monoisotopic (exact) mass is 354 g/mol. The van der Waals surface area contributed by atoms with E-state index >= 15 is 0 Å². The van der Waals surface area contributed by atoms with Gasteiger partial charge in [-0.15, -0.1) is 0 Å². The number of carbonyl (C=O) groups excluding carboxylic acids is 1. The highest BCUT2D eigenvalue weighted by Gasteiger charge is 2.14. The summed E-state index contributed by atoms with van der Waals surface area (Å²) >= 11 is 0. The van der Waals surface area contributed by atoms with Crippen molar-refractivity contribution in [3.63, 3.8) is 0 Å². The van der Waals surface area contributed by atoms with Crippen LogP contribution in [0.15, 0.2) is 54.6 Å². The normalized spacial score (nSPS) is 12.2. The van der Waals surface area contributed by atoms with Crippen LogP contribution in [0.2, 0.25) is 0 Å². The van der Waals surface area contributed by atoms with Crippen molar-refractivity contribution in [3.05, 3.63) is 65.7 Å². The molecular formula is C21H26N2O3. The fourth-order valence-corrected chi connectivity index (χ4v) is 2.60. The Labute approximate surface area is 155 Å². The van der Waals surface area contributed by atoms with E-state index in [1.807, 2.05) is 56.6 Å². The summed E-state index contributed by atoms with van der Waals surface area (Å²) in [7, 11) is 7.17. The zero-order valence-corrected chi connectivity index (χ0v) is 15.7. The van der Waals surface area contributed by atoms with Gasteiger partial charge in [-0.3, -0.25) is 4.79 Å². The van der Waals surface area contributed by atoms with Gasteiger partial charge in [0.25, 0.3) is 0 Å². The predicted octanol–water partition coefficient (Wildman–Crippen LogP) is 3.14. The molecule has 0 aliphatic carbocycles. The highest BCUT2D eigenvalue weighted by molar-refractivity contribution is 5.92. The largest absolute Gasteiger partial charge is 0.497 e. The van der Waals surface area contributed by atoms with Gasteiger partial charge in [0.05, 0.1) is 20.3 Å². The number of methoxy groups -OCH3 is 2. The van der Waals surface area contributed by atoms with Crippen molar-refractivity contribution >= 4 is 12.0 Å². The molecule has 5 nitrogen and oxygen atoms in total. The highest BCUT2D eigenvalue weighted by Crippen LogP contribution is 2.23. The predicted molar refractivity (Wildman–Crippen MR) is 104 cm³/mol. The van der Waals surface area contributed by atoms with Crippen molar-refractivity contribution < 1.29 is 14.3 Å². The van der Waals surface area contributed by atoms with Gasteiger partial charge in [-0.25, -0.2) is 0 Å². The molecule has 1 atom stereocenters. The highest BCUT2D eigenvalue weighted by atomic mass is 16.5. The lowest BCUT2D eigenvalue weighted by molar-refractivity contribution is -0.117. The van der Waals surface area contributed by atoms with Crippen LogP contribution in [-0.4, -0.2) is 45.7 Å². The average molecular weight is 354 g/mol. The van der Waals surface area contributed by atoms with E-state index in [4.69, 9.17) is 9.47 Å². The van der Waals surface area contributed by atoms with E-state index in [1.165, 1.54) is 6.08 Å². The molecule has 0 aliphatic rings. The van der Waals surface area contributed by atoms with Crippen LogP contribution in [0, 0.1) is 0 Å². The first-order valence-corrected chi connectivity index (χ1v) is 8.43. The molecule has 1 N–H and O–H groups in total. The molecule has 1 amide bonds. The Bertz CT molecular complexity index is 720. The zero-order valence-electron chi connectivity index (χ0n) is 15.7. The third kappa shape index (κ3) is 5.93. The van der Waals surface area contributed by atoms with Crippen molar-refractivity contribution in [3.8, 4) is 11.5 Å². The van der Waals surface area contributed by atoms with Gasteiger partial charge in [0.2, 0.25) is 5.91 Å². The lowest BCUT2D eigenvalue weighted by atomic mass is 10.1. The maximum Gasteiger partial charge on any atom is 0.244 e. The Balaban J connectivity index is 2.11. The van der Waals surface area contributed by atoms with Crippen molar-refractivity contribution in [2.24, 2.45) is 0 Å². The summed E-state index contributed by atoms with van der Waals surface area (Å²) in [6.45, 7) is 0.719. The summed E-state index contributed by atoms with van der Waals surface area (Å²) in [5.74, 6) is 1.21. The van der Waals surface area contributed by atoms with E-state index in [0.29, 0.717) is 11.5 Å². The topological polar surface area (TPSA) is 50.8 Å². The second-order valence-corrected chi connectivity index (χ2v) is 6.21. The van der Waals surface area contributed by atoms with Crippen molar-refractivity contribution in [2.75, 3.05) is 34.9 Å². The van der Waals surface area contributed by atoms with Gasteiger partial charge in [0, 0.05) is 18.7 Å². The number of benzene rings is 2. The number of nitrogens with zero attached hydrogens (tertiary/aromatic N) is 1. The fraction of sp³-hybridized carbons (Fsp3) is 0.286. The van der Waals surface area contributed by atoms with E-state index < -0.39 is 0 Å². The fourth-order valence-electron chi connectivity index (χ4n) is 2.60. The van der Waals surface area contributed by atoms with Crippen LogP contribution in [0.4, 0.5) is 0 Å². The van der Waals surface area contributed by atoms with Gasteiger partial charge in [-0.05, 0) is 43.4 Å². The van der Waals surface area contributed by atoms with Crippen LogP contribution in [0.3, 0.4) is 0 Å². The second-order valence-electron chi connectivity index (χ2n) is 6.21. The summed E-state index contributed by atoms with van der Waals surface area (Å²) in [6.07, 6.45) is 3.28. The molecule has 1 unspecified atom stereocenters. The molecule has 0 saturated carbocycles. The van der Waals surface area contributed by atoms with Gasteiger partial charge in [0.15, 0.2) is 0 Å². The first kappa shape index (κ1) is 19.5. The molecule has 0 fully saturated rings. The number of hydrogen-bond donors (Lipinski definition) is 1. The molecule has 0 heterocycles. The number of likely N-dealkylation sites (N-methyl/N-ethyl adjacent to an activating group) is 1. The molecular weight excluding hydrogens is 328 g/mol. The summed E-state index contributed by atoms with van der Waals surface area (Å²) in [5, 5.41) is 3.06. The first-order chi connectivity index (χ1) is 12.5. The maximum atomic E-state index is 12.4. The van der Waals surface area contributed by atoms with E-state index in [1.54, 1.807) is 26.4 Å². The molecule has 5 heteroatoms. The first-order valence-electron chi connectivity index (χ1n) is 8.43. The second kappa shape index (κ2) is 9.63. The van der Waals surface area contributed by atoms with Gasteiger partial charge in [-0.2, -0.15) is 0 Å². The molecule has 2 aromatic rings. The molecule has 26 heavy (non-hydrogen) atoms. The van der Waals surface area contributed by atoms with Crippen LogP contribution in [0.5, 0.6) is 11.5 Å². The van der Waals surface area contributed by atoms with Crippen molar-refractivity contribution in [2.45, 2.75) is 6.04 Å². The minimum atomic E-state index is -0.150. The number of nitrogens with one attached hydrogen (secondary N) is 1. The summed E-state index contributed by atoms with van der Waals surface area (Å²) in [6, 6.07) is 15.4. The zero-order chi connectivity index (χ0) is 18.9. The lowest BCUT2D eigenvalue weighted by Gasteiger charge is -2.22. The third-order valence-electron chi connectivity index (χ3n) is 3.87. The molecule has 0 spiro atoms. The Morgan fingerprint density at radius 3 is 2.23 bits per heavy atom. The van der Waals surface area contributed by atoms with Gasteiger partial charge < -0.3 is 19.7 Å². The SMILES string of the molecule is COc1cc(/C=C/C(=O)NC(CN(C)C)c2ccccc2)cc(OC)c1. The van der Waals surface area contributed by atoms with Gasteiger partial charge in [0.1, 0.15) is 11.5 Å². The smallest absolute Gasteiger partial charge is 0.244 e. The molecule has 0 bridgehead atoms. The summed E-state index contributed by atoms with van der Waals surface area (Å²) in [4.78, 5) is 14.5. The van der Waals surface area contributed by atoms with Crippen molar-refractivity contribution in [1.29, 1.82) is 0 Å². The minimum Gasteiger partial charge on any atom is -0.497 e. The van der Waals surface area contributed by atoms with Crippen LogP contribution in [0.25, 0.3) is 6.08 Å². The molecule has 0 aromatic heterocycles. The quantitative estimate of drug-likeness (QED) is 0.740. The van der Waals surface area contributed by atoms with E-state index in [0.717, 1.165) is 17.7 Å². The molecule has 0 aliphatic heterocycles. The Morgan fingerprint density at radius 2 is 1.69 bits per heavy atom. The van der Waals surface area contributed by atoms with E-state index in [9.17, 15) is 4.79 Å². The van der Waals surface area contributed by atoms with E-state index in [-0.39, 0.29) is 11.9 Å². The number of hydrogen-bond acceptors (Lipinski definition) is 4. The molecule has 2 rings (SSSR count). The Hall–Kier alpha value is -2.79. The van der Waals surface area contributed by atoms with Crippen molar-refractivity contribution in [1.82, 2.24) is 10.2 Å². The van der Waals surface area contributed by atoms with Gasteiger partial charge in [-0.1, -0.05) is 30.3 Å². The number of amides is 1. The number of ether oxygens (including phenoxy) is 2. The summed E-state index contributed by atoms with van der Waals surface area (Å²) in [5.41, 5.74) is 1.91. The third-order valence-corrected chi connectivity index (χ3v) is 3.87. The lowest BCUT2D eigenvalue weighted by Crippen LogP contribution is -2.34. The van der Waals surface area contributed by atoms with Crippen LogP contribution >= 0.6 is 0 Å². The van der Waals surface area contributed by atoms with Crippen LogP contribution in [-0.2, 0) is 4.79 Å². The average Bonchev–Trinajstić information content (AvgIpc) is 2.65. The molecule has 0 saturated heterocycles. The number of rotatable bonds is 8. The number of carbonyl (C=O) groups is 1. The standard InChI is InChI=1S/C21H26N2O3/c1-23(2)15-20(17-8-6-5-7-9-17)22-21(24)11-10-16-12-18(25-3)14-19(13-16)26-4/h5-14,20H,15H2,1-4H3,(H,22,24)/b11-10+. The molecule has 0 radical (unpaired) electrons. The summed E-state index contributed by atoms with van der Waals surface area (Å²) < 4.78 is 10.5.